The van der Waals surface area contributed by atoms with Crippen molar-refractivity contribution in [1.82, 2.24) is 4.90 Å². The van der Waals surface area contributed by atoms with Gasteiger partial charge in [0.15, 0.2) is 5.69 Å². The van der Waals surface area contributed by atoms with Crippen LogP contribution in [0.4, 0.5) is 0 Å². The van der Waals surface area contributed by atoms with Crippen LogP contribution in [-0.2, 0) is 9.09 Å². The highest BCUT2D eigenvalue weighted by atomic mass is 35.9. The van der Waals surface area contributed by atoms with Crippen LogP contribution in [0.5, 0.6) is 0 Å². The fourth-order valence-corrected chi connectivity index (χ4v) is 1.62. The van der Waals surface area contributed by atoms with E-state index in [1.54, 1.807) is 14.1 Å². The lowest BCUT2D eigenvalue weighted by atomic mass is 10.9. The molecule has 62 valence electrons. The van der Waals surface area contributed by atoms with Crippen molar-refractivity contribution in [3.8, 4) is 0 Å². The van der Waals surface area contributed by atoms with Crippen LogP contribution < -0.4 is 0 Å². The molecule has 0 aliphatic heterocycles. The van der Waals surface area contributed by atoms with Gasteiger partial charge in [-0.25, -0.2) is 0 Å². The maximum atomic E-state index is 10.5. The zero-order valence-electron chi connectivity index (χ0n) is 5.42. The number of hydrogen-bond donors (Lipinski definition) is 0. The van der Waals surface area contributed by atoms with Crippen LogP contribution in [0.25, 0.3) is 0 Å². The predicted octanol–water partition coefficient (Wildman–Crippen LogP) is 2.67. The molecule has 0 bridgehead atoms. The van der Waals surface area contributed by atoms with E-state index in [0.717, 1.165) is 0 Å². The molecule has 0 aliphatic carbocycles. The average molecular weight is 226 g/mol. The monoisotopic (exact) mass is 225 g/mol. The first kappa shape index (κ1) is 11.0. The summed E-state index contributed by atoms with van der Waals surface area (Å²) in [6, 6.07) is 0. The average Bonchev–Trinajstić information content (AvgIpc) is 1.60. The standard InChI is InChI=1S/C3H7Cl3NO2P/c1-7(2)3(4)9-10(5,6)8/h3H,1-2H3. The number of rotatable bonds is 3. The first-order valence-corrected chi connectivity index (χ1v) is 6.18. The van der Waals surface area contributed by atoms with Crippen LogP contribution in [0.3, 0.4) is 0 Å². The third kappa shape index (κ3) is 5.78. The Kier molecular flexibility index (Phi) is 4.57. The van der Waals surface area contributed by atoms with E-state index in [0.29, 0.717) is 0 Å². The second-order valence-electron chi connectivity index (χ2n) is 1.78. The van der Waals surface area contributed by atoms with Gasteiger partial charge < -0.3 is 0 Å². The second-order valence-corrected chi connectivity index (χ2v) is 6.38. The quantitative estimate of drug-likeness (QED) is 0.321. The first-order chi connectivity index (χ1) is 4.33. The summed E-state index contributed by atoms with van der Waals surface area (Å²) in [5.41, 5.74) is -0.860. The van der Waals surface area contributed by atoms with Crippen molar-refractivity contribution in [2.75, 3.05) is 14.1 Å². The van der Waals surface area contributed by atoms with Crippen molar-refractivity contribution in [2.45, 2.75) is 5.69 Å². The normalized spacial score (nSPS) is 15.8. The minimum absolute atomic E-state index is 0.860. The molecule has 7 heteroatoms. The molecule has 0 saturated heterocycles. The lowest BCUT2D eigenvalue weighted by molar-refractivity contribution is 0.149. The van der Waals surface area contributed by atoms with Gasteiger partial charge in [-0.15, -0.1) is 0 Å². The highest BCUT2D eigenvalue weighted by Gasteiger charge is 2.21. The van der Waals surface area contributed by atoms with E-state index in [9.17, 15) is 4.57 Å². The molecule has 0 spiro atoms. The Morgan fingerprint density at radius 1 is 1.50 bits per heavy atom. The van der Waals surface area contributed by atoms with Gasteiger partial charge in [-0.3, -0.25) is 14.0 Å². The summed E-state index contributed by atoms with van der Waals surface area (Å²) in [6.45, 7) is 0. The molecule has 0 aliphatic rings. The van der Waals surface area contributed by atoms with Crippen LogP contribution in [0.15, 0.2) is 0 Å². The summed E-state index contributed by atoms with van der Waals surface area (Å²) in [6.07, 6.45) is -3.50. The number of hydrogen-bond acceptors (Lipinski definition) is 3. The Balaban J connectivity index is 3.80. The highest BCUT2D eigenvalue weighted by molar-refractivity contribution is 8.05. The van der Waals surface area contributed by atoms with E-state index in [-0.39, 0.29) is 0 Å². The third-order valence-electron chi connectivity index (χ3n) is 0.616. The molecule has 0 rings (SSSR count). The van der Waals surface area contributed by atoms with Gasteiger partial charge in [0.25, 0.3) is 0 Å². The van der Waals surface area contributed by atoms with E-state index in [1.807, 2.05) is 0 Å². The van der Waals surface area contributed by atoms with Crippen LogP contribution in [0, 0.1) is 0 Å². The number of alkyl halides is 1. The van der Waals surface area contributed by atoms with Crippen LogP contribution in [0.2, 0.25) is 0 Å². The molecule has 0 N–H and O–H groups in total. The molecule has 10 heavy (non-hydrogen) atoms. The molecule has 0 amide bonds. The van der Waals surface area contributed by atoms with Gasteiger partial charge in [0.05, 0.1) is 0 Å². The minimum atomic E-state index is -3.50. The van der Waals surface area contributed by atoms with E-state index in [1.165, 1.54) is 4.90 Å². The maximum Gasteiger partial charge on any atom is 0.382 e. The van der Waals surface area contributed by atoms with Gasteiger partial charge in [-0.05, 0) is 36.6 Å². The van der Waals surface area contributed by atoms with Gasteiger partial charge in [-0.2, -0.15) is 0 Å². The summed E-state index contributed by atoms with van der Waals surface area (Å²) < 4.78 is 15.0. The van der Waals surface area contributed by atoms with E-state index < -0.39 is 11.8 Å². The summed E-state index contributed by atoms with van der Waals surface area (Å²) in [4.78, 5) is 1.47. The number of halogens is 3. The van der Waals surface area contributed by atoms with Crippen LogP contribution >= 0.6 is 40.2 Å². The number of nitrogens with zero attached hydrogens (tertiary/aromatic N) is 1. The van der Waals surface area contributed by atoms with E-state index >= 15 is 0 Å². The fraction of sp³-hybridized carbons (Fsp3) is 1.00. The molecule has 1 atom stereocenters. The minimum Gasteiger partial charge on any atom is -0.272 e. The lowest BCUT2D eigenvalue weighted by Gasteiger charge is -2.17. The zero-order chi connectivity index (χ0) is 8.36. The Hall–Kier alpha value is 1.02. The van der Waals surface area contributed by atoms with Gasteiger partial charge in [0.1, 0.15) is 0 Å². The molecular formula is C3H7Cl3NO2P. The molecule has 0 aromatic heterocycles. The molecule has 0 fully saturated rings. The summed E-state index contributed by atoms with van der Waals surface area (Å²) in [5, 5.41) is 0. The smallest absolute Gasteiger partial charge is 0.272 e. The summed E-state index contributed by atoms with van der Waals surface area (Å²) in [5.74, 6) is 0. The highest BCUT2D eigenvalue weighted by Crippen LogP contribution is 2.58. The molecule has 0 saturated carbocycles. The Morgan fingerprint density at radius 2 is 1.90 bits per heavy atom. The largest absolute Gasteiger partial charge is 0.382 e. The van der Waals surface area contributed by atoms with Gasteiger partial charge >= 0.3 is 6.07 Å². The topological polar surface area (TPSA) is 29.5 Å². The van der Waals surface area contributed by atoms with Crippen molar-refractivity contribution in [3.63, 3.8) is 0 Å². The Labute approximate surface area is 74.2 Å². The predicted molar refractivity (Wildman–Crippen MR) is 43.7 cm³/mol. The van der Waals surface area contributed by atoms with Gasteiger partial charge in [0.2, 0.25) is 0 Å². The fourth-order valence-electron chi connectivity index (χ4n) is 0.196. The molecular weight excluding hydrogens is 219 g/mol. The van der Waals surface area contributed by atoms with Crippen molar-refractivity contribution < 1.29 is 9.09 Å². The maximum absolute atomic E-state index is 10.5. The molecule has 0 aromatic carbocycles. The molecule has 0 aromatic rings. The molecule has 1 unspecified atom stereocenters. The Morgan fingerprint density at radius 3 is 2.00 bits per heavy atom. The van der Waals surface area contributed by atoms with Gasteiger partial charge in [-0.1, -0.05) is 11.6 Å². The van der Waals surface area contributed by atoms with Crippen LogP contribution in [0.1, 0.15) is 0 Å². The SMILES string of the molecule is CN(C)C(Cl)OP(=O)(Cl)Cl. The summed E-state index contributed by atoms with van der Waals surface area (Å²) >= 11 is 15.6. The van der Waals surface area contributed by atoms with Crippen LogP contribution in [-0.4, -0.2) is 24.7 Å². The zero-order valence-corrected chi connectivity index (χ0v) is 8.58. The van der Waals surface area contributed by atoms with Crippen molar-refractivity contribution in [2.24, 2.45) is 0 Å². The third-order valence-corrected chi connectivity index (χ3v) is 2.14. The van der Waals surface area contributed by atoms with Crippen molar-refractivity contribution >= 4 is 40.2 Å². The Bertz CT molecular complexity index is 147. The second kappa shape index (κ2) is 4.15. The molecule has 0 heterocycles. The first-order valence-electron chi connectivity index (χ1n) is 2.31. The molecule has 0 radical (unpaired) electrons. The lowest BCUT2D eigenvalue weighted by Crippen LogP contribution is -2.23. The summed E-state index contributed by atoms with van der Waals surface area (Å²) in [7, 11) is 3.28. The van der Waals surface area contributed by atoms with Crippen molar-refractivity contribution in [3.05, 3.63) is 0 Å². The van der Waals surface area contributed by atoms with Crippen molar-refractivity contribution in [1.29, 1.82) is 0 Å². The molecule has 3 nitrogen and oxygen atoms in total. The van der Waals surface area contributed by atoms with Gasteiger partial charge in [0, 0.05) is 0 Å². The van der Waals surface area contributed by atoms with E-state index in [4.69, 9.17) is 34.1 Å². The van der Waals surface area contributed by atoms with E-state index in [2.05, 4.69) is 4.52 Å².